The molecule has 1 saturated heterocycles. The molecule has 6 rings (SSSR count). The van der Waals surface area contributed by atoms with Crippen molar-refractivity contribution >= 4 is 12.0 Å². The average molecular weight is 372 g/mol. The Kier molecular flexibility index (Phi) is 3.44. The largest absolute Gasteiger partial charge is 0.481 e. The lowest BCUT2D eigenvalue weighted by Gasteiger charge is -2.59. The molecule has 5 aliphatic rings. The fourth-order valence-electron chi connectivity index (χ4n) is 6.76. The number of aliphatic carboxylic acids is 1. The van der Waals surface area contributed by atoms with E-state index >= 15 is 0 Å². The van der Waals surface area contributed by atoms with Gasteiger partial charge < -0.3 is 15.3 Å². The molecular weight excluding hydrogens is 347 g/mol. The van der Waals surface area contributed by atoms with E-state index in [1.807, 2.05) is 17.9 Å². The second-order valence-electron chi connectivity index (χ2n) is 9.45. The second kappa shape index (κ2) is 5.46. The highest BCUT2D eigenvalue weighted by Crippen LogP contribution is 2.61. The molecule has 4 bridgehead atoms. The number of nitrogens with zero attached hydrogens (tertiary/aromatic N) is 1. The Bertz CT molecular complexity index is 811. The molecule has 6 heteroatoms. The van der Waals surface area contributed by atoms with Crippen LogP contribution >= 0.6 is 0 Å². The SMILES string of the molecule is CC1(c2cccc(F)c2)CN(C2C3CC4CC2CC(C(=O)O)(C4)C3)C(=O)N1. The Morgan fingerprint density at radius 2 is 1.96 bits per heavy atom. The molecule has 0 spiro atoms. The van der Waals surface area contributed by atoms with Crippen LogP contribution in [0.25, 0.3) is 0 Å². The molecule has 0 radical (unpaired) electrons. The van der Waals surface area contributed by atoms with Crippen LogP contribution in [0.2, 0.25) is 0 Å². The second-order valence-corrected chi connectivity index (χ2v) is 9.45. The van der Waals surface area contributed by atoms with Crippen LogP contribution in [0.3, 0.4) is 0 Å². The maximum atomic E-state index is 13.7. The molecule has 27 heavy (non-hydrogen) atoms. The standard InChI is InChI=1S/C21H25FN2O3/c1-20(15-3-2-4-16(22)7-15)11-24(19(27)23-20)17-13-5-12-6-14(17)10-21(8-12,9-13)18(25)26/h2-4,7,12-14,17H,5-6,8-11H2,1H3,(H,23,27)(H,25,26). The molecular formula is C21H25FN2O3. The number of nitrogens with one attached hydrogen (secondary N) is 1. The van der Waals surface area contributed by atoms with Crippen molar-refractivity contribution < 1.29 is 19.1 Å². The van der Waals surface area contributed by atoms with Crippen molar-refractivity contribution in [2.75, 3.05) is 6.54 Å². The van der Waals surface area contributed by atoms with Crippen molar-refractivity contribution in [2.45, 2.75) is 50.6 Å². The first kappa shape index (κ1) is 17.0. The van der Waals surface area contributed by atoms with E-state index in [1.54, 1.807) is 6.07 Å². The van der Waals surface area contributed by atoms with Crippen LogP contribution in [0.15, 0.2) is 24.3 Å². The number of hydrogen-bond acceptors (Lipinski definition) is 2. The monoisotopic (exact) mass is 372 g/mol. The number of carbonyl (C=O) groups excluding carboxylic acids is 1. The number of carboxylic acid groups (broad SMARTS) is 1. The quantitative estimate of drug-likeness (QED) is 0.855. The van der Waals surface area contributed by atoms with E-state index in [1.165, 1.54) is 12.1 Å². The van der Waals surface area contributed by atoms with Crippen LogP contribution in [0, 0.1) is 29.0 Å². The zero-order valence-corrected chi connectivity index (χ0v) is 15.5. The molecule has 4 saturated carbocycles. The summed E-state index contributed by atoms with van der Waals surface area (Å²) in [5, 5.41) is 12.9. The number of carboxylic acids is 1. The first-order valence-electron chi connectivity index (χ1n) is 9.88. The lowest BCUT2D eigenvalue weighted by atomic mass is 9.47. The van der Waals surface area contributed by atoms with Gasteiger partial charge in [-0.05, 0) is 74.5 Å². The van der Waals surface area contributed by atoms with Crippen LogP contribution in [-0.4, -0.2) is 34.6 Å². The minimum absolute atomic E-state index is 0.101. The first-order chi connectivity index (χ1) is 12.8. The Morgan fingerprint density at radius 1 is 1.26 bits per heavy atom. The molecule has 1 heterocycles. The van der Waals surface area contributed by atoms with Gasteiger partial charge in [0.25, 0.3) is 0 Å². The van der Waals surface area contributed by atoms with E-state index < -0.39 is 16.9 Å². The third-order valence-corrected chi connectivity index (χ3v) is 7.63. The zero-order chi connectivity index (χ0) is 19.0. The van der Waals surface area contributed by atoms with Gasteiger partial charge >= 0.3 is 12.0 Å². The zero-order valence-electron chi connectivity index (χ0n) is 15.5. The molecule has 4 aliphatic carbocycles. The van der Waals surface area contributed by atoms with Crippen molar-refractivity contribution in [3.63, 3.8) is 0 Å². The van der Waals surface area contributed by atoms with Gasteiger partial charge in [0, 0.05) is 12.6 Å². The molecule has 3 unspecified atom stereocenters. The van der Waals surface area contributed by atoms with E-state index in [4.69, 9.17) is 0 Å². The highest BCUT2D eigenvalue weighted by molar-refractivity contribution is 5.79. The molecule has 144 valence electrons. The van der Waals surface area contributed by atoms with Gasteiger partial charge in [-0.25, -0.2) is 9.18 Å². The predicted molar refractivity (Wildman–Crippen MR) is 96.4 cm³/mol. The van der Waals surface area contributed by atoms with E-state index in [2.05, 4.69) is 5.32 Å². The Balaban J connectivity index is 1.43. The number of urea groups is 1. The maximum Gasteiger partial charge on any atom is 0.318 e. The molecule has 1 aromatic carbocycles. The number of benzene rings is 1. The fraction of sp³-hybridized carbons (Fsp3) is 0.619. The smallest absolute Gasteiger partial charge is 0.318 e. The topological polar surface area (TPSA) is 69.6 Å². The van der Waals surface area contributed by atoms with Crippen molar-refractivity contribution in [3.05, 3.63) is 35.6 Å². The number of amides is 2. The molecule has 5 fully saturated rings. The van der Waals surface area contributed by atoms with Crippen LogP contribution in [0.4, 0.5) is 9.18 Å². The molecule has 3 atom stereocenters. The summed E-state index contributed by atoms with van der Waals surface area (Å²) in [7, 11) is 0. The van der Waals surface area contributed by atoms with Gasteiger partial charge in [-0.2, -0.15) is 0 Å². The van der Waals surface area contributed by atoms with Gasteiger partial charge in [0.1, 0.15) is 5.82 Å². The molecule has 0 aromatic heterocycles. The normalized spacial score (nSPS) is 42.4. The van der Waals surface area contributed by atoms with Crippen molar-refractivity contribution in [1.82, 2.24) is 10.2 Å². The molecule has 1 aliphatic heterocycles. The summed E-state index contributed by atoms with van der Waals surface area (Å²) < 4.78 is 13.7. The first-order valence-corrected chi connectivity index (χ1v) is 9.88. The molecule has 1 aromatic rings. The highest BCUT2D eigenvalue weighted by atomic mass is 19.1. The van der Waals surface area contributed by atoms with E-state index in [0.29, 0.717) is 25.3 Å². The summed E-state index contributed by atoms with van der Waals surface area (Å²) >= 11 is 0. The number of halogens is 1. The van der Waals surface area contributed by atoms with Crippen LogP contribution in [-0.2, 0) is 10.3 Å². The minimum atomic E-state index is -0.657. The van der Waals surface area contributed by atoms with Gasteiger partial charge in [0.15, 0.2) is 0 Å². The summed E-state index contributed by atoms with van der Waals surface area (Å²) in [4.78, 5) is 26.8. The fourth-order valence-corrected chi connectivity index (χ4v) is 6.76. The van der Waals surface area contributed by atoms with Gasteiger partial charge in [0.2, 0.25) is 0 Å². The predicted octanol–water partition coefficient (Wildman–Crippen LogP) is 3.35. The molecule has 2 N–H and O–H groups in total. The average Bonchev–Trinajstić information content (AvgIpc) is 2.90. The Morgan fingerprint density at radius 3 is 2.59 bits per heavy atom. The van der Waals surface area contributed by atoms with Gasteiger partial charge in [-0.3, -0.25) is 4.79 Å². The molecule has 2 amide bonds. The lowest BCUT2D eigenvalue weighted by molar-refractivity contribution is -0.170. The van der Waals surface area contributed by atoms with Crippen LogP contribution in [0.1, 0.15) is 44.6 Å². The highest BCUT2D eigenvalue weighted by Gasteiger charge is 2.61. The Hall–Kier alpha value is -2.11. The number of hydrogen-bond donors (Lipinski definition) is 2. The number of carbonyl (C=O) groups is 2. The van der Waals surface area contributed by atoms with Crippen LogP contribution < -0.4 is 5.32 Å². The minimum Gasteiger partial charge on any atom is -0.481 e. The molecule has 5 nitrogen and oxygen atoms in total. The van der Waals surface area contributed by atoms with E-state index in [0.717, 1.165) is 24.8 Å². The summed E-state index contributed by atoms with van der Waals surface area (Å²) in [6, 6.07) is 6.41. The lowest BCUT2D eigenvalue weighted by Crippen LogP contribution is -2.61. The summed E-state index contributed by atoms with van der Waals surface area (Å²) in [6.45, 7) is 2.44. The van der Waals surface area contributed by atoms with Gasteiger partial charge in [-0.1, -0.05) is 12.1 Å². The van der Waals surface area contributed by atoms with Gasteiger partial charge in [0.05, 0.1) is 11.0 Å². The van der Waals surface area contributed by atoms with Crippen LogP contribution in [0.5, 0.6) is 0 Å². The third kappa shape index (κ3) is 2.41. The summed E-state index contributed by atoms with van der Waals surface area (Å²) in [5.41, 5.74) is -0.433. The third-order valence-electron chi connectivity index (χ3n) is 7.63. The van der Waals surface area contributed by atoms with E-state index in [-0.39, 0.29) is 29.7 Å². The van der Waals surface area contributed by atoms with Crippen molar-refractivity contribution in [2.24, 2.45) is 23.2 Å². The number of rotatable bonds is 3. The van der Waals surface area contributed by atoms with Crippen molar-refractivity contribution in [1.29, 1.82) is 0 Å². The maximum absolute atomic E-state index is 13.7. The summed E-state index contributed by atoms with van der Waals surface area (Å²) in [5.74, 6) is 0.0336. The van der Waals surface area contributed by atoms with E-state index in [9.17, 15) is 19.1 Å². The van der Waals surface area contributed by atoms with Crippen molar-refractivity contribution in [3.8, 4) is 0 Å². The summed E-state index contributed by atoms with van der Waals surface area (Å²) in [6.07, 6.45) is 4.21. The van der Waals surface area contributed by atoms with Gasteiger partial charge in [-0.15, -0.1) is 0 Å². The Labute approximate surface area is 157 Å².